The molecular weight excluding hydrogens is 433 g/mol. The fourth-order valence-electron chi connectivity index (χ4n) is 2.47. The number of ether oxygens (including phenoxy) is 1. The highest BCUT2D eigenvalue weighted by molar-refractivity contribution is 14.0. The predicted molar refractivity (Wildman–Crippen MR) is 114 cm³/mol. The molecule has 25 heavy (non-hydrogen) atoms. The molecule has 0 atom stereocenters. The Balaban J connectivity index is 0.00000576. The Morgan fingerprint density at radius 1 is 1.08 bits per heavy atom. The van der Waals surface area contributed by atoms with E-state index in [1.807, 2.05) is 20.8 Å². The Labute approximate surface area is 170 Å². The third-order valence-corrected chi connectivity index (χ3v) is 3.61. The first-order valence-electron chi connectivity index (χ1n) is 9.08. The number of guanidine groups is 1. The fourth-order valence-corrected chi connectivity index (χ4v) is 2.47. The summed E-state index contributed by atoms with van der Waals surface area (Å²) < 4.78 is 5.42. The maximum Gasteiger partial charge on any atom is 0.410 e. The number of halogens is 1. The molecule has 1 aliphatic heterocycles. The number of nitrogens with one attached hydrogen (secondary N) is 2. The van der Waals surface area contributed by atoms with E-state index in [0.29, 0.717) is 0 Å². The van der Waals surface area contributed by atoms with Crippen LogP contribution in [0.2, 0.25) is 0 Å². The highest BCUT2D eigenvalue weighted by Gasteiger charge is 2.25. The molecule has 0 aliphatic carbocycles. The van der Waals surface area contributed by atoms with E-state index in [2.05, 4.69) is 34.4 Å². The number of carbonyl (C=O) groups excluding carboxylic acids is 1. The summed E-state index contributed by atoms with van der Waals surface area (Å²) in [5.74, 6) is 0.884. The molecule has 2 N–H and O–H groups in total. The lowest BCUT2D eigenvalue weighted by Crippen LogP contribution is -2.50. The standard InChI is InChI=1S/C17H35N5O2.HI/c1-6-18-15(19-7-2)20-9-8-10-21-11-13-22(14-12-21)16(23)24-17(3,4)5;/h6-14H2,1-5H3,(H2,18,19,20);1H. The minimum absolute atomic E-state index is 0. The van der Waals surface area contributed by atoms with Crippen LogP contribution >= 0.6 is 24.0 Å². The Bertz CT molecular complexity index is 396. The van der Waals surface area contributed by atoms with Gasteiger partial charge in [0.1, 0.15) is 5.60 Å². The summed E-state index contributed by atoms with van der Waals surface area (Å²) >= 11 is 0. The lowest BCUT2D eigenvalue weighted by atomic mass is 10.2. The zero-order valence-electron chi connectivity index (χ0n) is 16.4. The molecule has 148 valence electrons. The second kappa shape index (κ2) is 12.6. The van der Waals surface area contributed by atoms with Gasteiger partial charge in [-0.15, -0.1) is 24.0 Å². The van der Waals surface area contributed by atoms with Crippen molar-refractivity contribution in [1.82, 2.24) is 20.4 Å². The number of carbonyl (C=O) groups is 1. The van der Waals surface area contributed by atoms with Gasteiger partial charge in [0.25, 0.3) is 0 Å². The van der Waals surface area contributed by atoms with Gasteiger partial charge in [0.05, 0.1) is 0 Å². The van der Waals surface area contributed by atoms with E-state index in [0.717, 1.165) is 64.7 Å². The van der Waals surface area contributed by atoms with Gasteiger partial charge >= 0.3 is 6.09 Å². The maximum absolute atomic E-state index is 12.0. The Hall–Kier alpha value is -0.770. The maximum atomic E-state index is 12.0. The molecule has 1 saturated heterocycles. The van der Waals surface area contributed by atoms with Gasteiger partial charge in [0, 0.05) is 52.4 Å². The molecule has 1 fully saturated rings. The Morgan fingerprint density at radius 2 is 1.64 bits per heavy atom. The molecule has 0 bridgehead atoms. The molecule has 0 unspecified atom stereocenters. The summed E-state index contributed by atoms with van der Waals surface area (Å²) in [4.78, 5) is 20.8. The van der Waals surface area contributed by atoms with Gasteiger partial charge in [0.15, 0.2) is 5.96 Å². The lowest BCUT2D eigenvalue weighted by molar-refractivity contribution is 0.0145. The Morgan fingerprint density at radius 3 is 2.12 bits per heavy atom. The van der Waals surface area contributed by atoms with Crippen LogP contribution in [-0.2, 0) is 4.74 Å². The van der Waals surface area contributed by atoms with Crippen LogP contribution in [0.5, 0.6) is 0 Å². The molecule has 1 aliphatic rings. The van der Waals surface area contributed by atoms with E-state index in [1.54, 1.807) is 4.90 Å². The van der Waals surface area contributed by atoms with E-state index >= 15 is 0 Å². The highest BCUT2D eigenvalue weighted by Crippen LogP contribution is 2.11. The van der Waals surface area contributed by atoms with Gasteiger partial charge in [0.2, 0.25) is 0 Å². The van der Waals surface area contributed by atoms with Crippen molar-refractivity contribution in [3.63, 3.8) is 0 Å². The average Bonchev–Trinajstić information content (AvgIpc) is 2.51. The summed E-state index contributed by atoms with van der Waals surface area (Å²) in [5.41, 5.74) is -0.428. The van der Waals surface area contributed by atoms with E-state index < -0.39 is 5.60 Å². The van der Waals surface area contributed by atoms with Crippen molar-refractivity contribution in [2.24, 2.45) is 4.99 Å². The number of hydrogen-bond donors (Lipinski definition) is 2. The normalized spacial score (nSPS) is 15.2. The van der Waals surface area contributed by atoms with Crippen LogP contribution in [-0.4, -0.2) is 79.8 Å². The van der Waals surface area contributed by atoms with Crippen molar-refractivity contribution in [2.75, 3.05) is 52.4 Å². The number of piperazine rings is 1. The molecule has 1 amide bonds. The van der Waals surface area contributed by atoms with E-state index in [9.17, 15) is 4.79 Å². The summed E-state index contributed by atoms with van der Waals surface area (Å²) in [6.45, 7) is 16.7. The van der Waals surface area contributed by atoms with Crippen molar-refractivity contribution in [2.45, 2.75) is 46.6 Å². The predicted octanol–water partition coefficient (Wildman–Crippen LogP) is 2.12. The second-order valence-corrected chi connectivity index (χ2v) is 6.95. The fraction of sp³-hybridized carbons (Fsp3) is 0.882. The van der Waals surface area contributed by atoms with Crippen molar-refractivity contribution in [3.8, 4) is 0 Å². The summed E-state index contributed by atoms with van der Waals surface area (Å²) in [7, 11) is 0. The molecule has 7 nitrogen and oxygen atoms in total. The van der Waals surface area contributed by atoms with Crippen molar-refractivity contribution >= 4 is 36.0 Å². The minimum Gasteiger partial charge on any atom is -0.444 e. The molecule has 8 heteroatoms. The number of amides is 1. The van der Waals surface area contributed by atoms with Crippen LogP contribution in [0.25, 0.3) is 0 Å². The van der Waals surface area contributed by atoms with Crippen LogP contribution in [0, 0.1) is 0 Å². The summed E-state index contributed by atoms with van der Waals surface area (Å²) in [6.07, 6.45) is 0.819. The van der Waals surface area contributed by atoms with Crippen LogP contribution in [0.1, 0.15) is 41.0 Å². The molecule has 0 aromatic rings. The van der Waals surface area contributed by atoms with Gasteiger partial charge in [-0.1, -0.05) is 0 Å². The topological polar surface area (TPSA) is 69.2 Å². The van der Waals surface area contributed by atoms with Gasteiger partial charge in [-0.25, -0.2) is 4.79 Å². The van der Waals surface area contributed by atoms with Crippen molar-refractivity contribution in [1.29, 1.82) is 0 Å². The zero-order valence-corrected chi connectivity index (χ0v) is 18.8. The molecule has 1 heterocycles. The van der Waals surface area contributed by atoms with Crippen LogP contribution in [0.3, 0.4) is 0 Å². The molecular formula is C17H36IN5O2. The average molecular weight is 469 g/mol. The van der Waals surface area contributed by atoms with Gasteiger partial charge in [-0.2, -0.15) is 0 Å². The third kappa shape index (κ3) is 10.7. The largest absolute Gasteiger partial charge is 0.444 e. The SMILES string of the molecule is CCNC(=NCCCN1CCN(C(=O)OC(C)(C)C)CC1)NCC.I. The number of hydrogen-bond acceptors (Lipinski definition) is 4. The van der Waals surface area contributed by atoms with Crippen LogP contribution in [0.15, 0.2) is 4.99 Å². The van der Waals surface area contributed by atoms with Crippen molar-refractivity contribution in [3.05, 3.63) is 0 Å². The number of rotatable bonds is 6. The van der Waals surface area contributed by atoms with E-state index in [4.69, 9.17) is 4.74 Å². The van der Waals surface area contributed by atoms with Gasteiger partial charge in [-0.3, -0.25) is 9.89 Å². The smallest absolute Gasteiger partial charge is 0.410 e. The molecule has 0 aromatic carbocycles. The quantitative estimate of drug-likeness (QED) is 0.270. The lowest BCUT2D eigenvalue weighted by Gasteiger charge is -2.35. The van der Waals surface area contributed by atoms with Crippen LogP contribution in [0.4, 0.5) is 4.79 Å². The minimum atomic E-state index is -0.428. The van der Waals surface area contributed by atoms with Gasteiger partial charge in [-0.05, 0) is 41.0 Å². The van der Waals surface area contributed by atoms with Gasteiger partial charge < -0.3 is 20.3 Å². The summed E-state index contributed by atoms with van der Waals surface area (Å²) in [5, 5.41) is 6.45. The van der Waals surface area contributed by atoms with Crippen LogP contribution < -0.4 is 10.6 Å². The van der Waals surface area contributed by atoms with Crippen molar-refractivity contribution < 1.29 is 9.53 Å². The molecule has 0 spiro atoms. The Kier molecular flexibility index (Phi) is 12.2. The zero-order chi connectivity index (χ0) is 18.0. The van der Waals surface area contributed by atoms with E-state index in [-0.39, 0.29) is 30.1 Å². The molecule has 1 rings (SSSR count). The summed E-state index contributed by atoms with van der Waals surface area (Å²) in [6, 6.07) is 0. The highest BCUT2D eigenvalue weighted by atomic mass is 127. The molecule has 0 aromatic heterocycles. The first kappa shape index (κ1) is 24.2. The first-order valence-corrected chi connectivity index (χ1v) is 9.08. The van der Waals surface area contributed by atoms with E-state index in [1.165, 1.54) is 0 Å². The number of nitrogens with zero attached hydrogens (tertiary/aromatic N) is 3. The third-order valence-electron chi connectivity index (χ3n) is 3.61. The second-order valence-electron chi connectivity index (χ2n) is 6.95. The first-order chi connectivity index (χ1) is 11.4. The molecule has 0 radical (unpaired) electrons. The molecule has 0 saturated carbocycles. The monoisotopic (exact) mass is 469 g/mol. The number of aliphatic imine (C=N–C) groups is 1.